The van der Waals surface area contributed by atoms with Crippen molar-refractivity contribution in [2.45, 2.75) is 38.1 Å². The van der Waals surface area contributed by atoms with Crippen molar-refractivity contribution in [2.75, 3.05) is 0 Å². The molecule has 2 heteroatoms. The van der Waals surface area contributed by atoms with Gasteiger partial charge >= 0.3 is 0 Å². The summed E-state index contributed by atoms with van der Waals surface area (Å²) in [6.45, 7) is 0. The Labute approximate surface area is 89.6 Å². The first-order valence-corrected chi connectivity index (χ1v) is 6.25. The smallest absolute Gasteiger partial charge is 0.0226 e. The molecule has 0 radical (unpaired) electrons. The summed E-state index contributed by atoms with van der Waals surface area (Å²) in [6.07, 6.45) is 8.38. The van der Waals surface area contributed by atoms with Gasteiger partial charge in [-0.05, 0) is 48.1 Å². The number of allylic oxidation sites excluding steroid dienone is 1. The van der Waals surface area contributed by atoms with Crippen LogP contribution in [0.4, 0.5) is 0 Å². The molecule has 0 fully saturated rings. The van der Waals surface area contributed by atoms with Gasteiger partial charge in [-0.1, -0.05) is 18.1 Å². The van der Waals surface area contributed by atoms with Crippen LogP contribution >= 0.6 is 11.3 Å². The van der Waals surface area contributed by atoms with Gasteiger partial charge < -0.3 is 5.73 Å². The van der Waals surface area contributed by atoms with Gasteiger partial charge in [0.25, 0.3) is 0 Å². The topological polar surface area (TPSA) is 26.0 Å². The van der Waals surface area contributed by atoms with E-state index in [1.165, 1.54) is 30.4 Å². The highest BCUT2D eigenvalue weighted by molar-refractivity contribution is 7.07. The molecule has 0 bridgehead atoms. The molecule has 1 nitrogen and oxygen atoms in total. The summed E-state index contributed by atoms with van der Waals surface area (Å²) < 4.78 is 0. The minimum Gasteiger partial charge on any atom is -0.324 e. The van der Waals surface area contributed by atoms with Crippen LogP contribution in [0, 0.1) is 0 Å². The first-order valence-electron chi connectivity index (χ1n) is 5.31. The number of thiophene rings is 1. The van der Waals surface area contributed by atoms with Crippen LogP contribution in [-0.2, 0) is 6.42 Å². The van der Waals surface area contributed by atoms with Gasteiger partial charge in [0.2, 0.25) is 0 Å². The zero-order valence-electron chi connectivity index (χ0n) is 8.41. The first-order chi connectivity index (χ1) is 6.84. The molecular weight excluding hydrogens is 190 g/mol. The van der Waals surface area contributed by atoms with Crippen LogP contribution in [0.1, 0.15) is 31.2 Å². The zero-order valence-corrected chi connectivity index (χ0v) is 9.22. The Morgan fingerprint density at radius 1 is 1.43 bits per heavy atom. The van der Waals surface area contributed by atoms with Crippen LogP contribution in [-0.4, -0.2) is 6.04 Å². The maximum Gasteiger partial charge on any atom is 0.0226 e. The average Bonchev–Trinajstić information content (AvgIpc) is 2.56. The van der Waals surface area contributed by atoms with Crippen molar-refractivity contribution in [1.29, 1.82) is 0 Å². The molecule has 0 aromatic carbocycles. The van der Waals surface area contributed by atoms with E-state index in [0.717, 1.165) is 12.8 Å². The van der Waals surface area contributed by atoms with Gasteiger partial charge in [-0.2, -0.15) is 11.3 Å². The van der Waals surface area contributed by atoms with E-state index in [1.807, 2.05) is 0 Å². The Kier molecular flexibility index (Phi) is 3.38. The van der Waals surface area contributed by atoms with Crippen molar-refractivity contribution in [1.82, 2.24) is 0 Å². The monoisotopic (exact) mass is 207 g/mol. The molecular formula is C12H17NS. The highest BCUT2D eigenvalue weighted by Gasteiger charge is 2.08. The lowest BCUT2D eigenvalue weighted by Gasteiger charge is -2.05. The molecule has 1 unspecified atom stereocenters. The third-order valence-electron chi connectivity index (χ3n) is 2.75. The Balaban J connectivity index is 2.02. The molecule has 0 spiro atoms. The normalized spacial score (nSPS) is 22.9. The molecule has 1 aromatic heterocycles. The average molecular weight is 207 g/mol. The molecule has 1 aromatic rings. The fourth-order valence-electron chi connectivity index (χ4n) is 2.00. The van der Waals surface area contributed by atoms with Crippen LogP contribution in [0.25, 0.3) is 0 Å². The van der Waals surface area contributed by atoms with E-state index in [9.17, 15) is 0 Å². The van der Waals surface area contributed by atoms with Gasteiger partial charge in [-0.3, -0.25) is 0 Å². The van der Waals surface area contributed by atoms with Crippen molar-refractivity contribution < 1.29 is 0 Å². The van der Waals surface area contributed by atoms with Gasteiger partial charge in [0.1, 0.15) is 0 Å². The van der Waals surface area contributed by atoms with Gasteiger partial charge in [0.05, 0.1) is 0 Å². The van der Waals surface area contributed by atoms with Crippen LogP contribution < -0.4 is 5.73 Å². The van der Waals surface area contributed by atoms with Gasteiger partial charge in [-0.25, -0.2) is 0 Å². The van der Waals surface area contributed by atoms with Crippen molar-refractivity contribution in [3.05, 3.63) is 34.0 Å². The summed E-state index contributed by atoms with van der Waals surface area (Å²) in [4.78, 5) is 0. The van der Waals surface area contributed by atoms with E-state index in [1.54, 1.807) is 11.3 Å². The molecule has 0 saturated heterocycles. The lowest BCUT2D eigenvalue weighted by molar-refractivity contribution is 0.654. The molecule has 1 atom stereocenters. The molecule has 0 amide bonds. The Bertz CT molecular complexity index is 300. The van der Waals surface area contributed by atoms with Crippen LogP contribution in [0.5, 0.6) is 0 Å². The van der Waals surface area contributed by atoms with Crippen molar-refractivity contribution in [3.63, 3.8) is 0 Å². The standard InChI is InChI=1S/C12H17NS/c13-12-4-2-1-3-10(8-12)7-11-5-6-14-9-11/h5-6,8-9,12H,1-4,7,13H2. The van der Waals surface area contributed by atoms with Crippen LogP contribution in [0.15, 0.2) is 28.5 Å². The highest BCUT2D eigenvalue weighted by Crippen LogP contribution is 2.21. The number of hydrogen-bond donors (Lipinski definition) is 1. The fourth-order valence-corrected chi connectivity index (χ4v) is 2.67. The van der Waals surface area contributed by atoms with E-state index in [2.05, 4.69) is 22.9 Å². The third-order valence-corrected chi connectivity index (χ3v) is 3.48. The molecule has 0 aliphatic heterocycles. The van der Waals surface area contributed by atoms with Crippen molar-refractivity contribution >= 4 is 11.3 Å². The van der Waals surface area contributed by atoms with E-state index in [-0.39, 0.29) is 0 Å². The van der Waals surface area contributed by atoms with Gasteiger partial charge in [0.15, 0.2) is 0 Å². The summed E-state index contributed by atoms with van der Waals surface area (Å²) in [5.74, 6) is 0. The number of nitrogens with two attached hydrogens (primary N) is 1. The largest absolute Gasteiger partial charge is 0.324 e. The van der Waals surface area contributed by atoms with Gasteiger partial charge in [-0.15, -0.1) is 0 Å². The molecule has 2 rings (SSSR count). The summed E-state index contributed by atoms with van der Waals surface area (Å²) in [5, 5.41) is 4.38. The summed E-state index contributed by atoms with van der Waals surface area (Å²) >= 11 is 1.78. The van der Waals surface area contributed by atoms with Crippen molar-refractivity contribution in [2.24, 2.45) is 5.73 Å². The molecule has 1 aliphatic carbocycles. The molecule has 1 heterocycles. The summed E-state index contributed by atoms with van der Waals surface area (Å²) in [6, 6.07) is 2.51. The highest BCUT2D eigenvalue weighted by atomic mass is 32.1. The van der Waals surface area contributed by atoms with E-state index in [4.69, 9.17) is 5.73 Å². The first kappa shape index (κ1) is 9.94. The Morgan fingerprint density at radius 2 is 2.36 bits per heavy atom. The molecule has 14 heavy (non-hydrogen) atoms. The van der Waals surface area contributed by atoms with E-state index >= 15 is 0 Å². The lowest BCUT2D eigenvalue weighted by Crippen LogP contribution is -2.16. The molecule has 1 aliphatic rings. The number of rotatable bonds is 2. The molecule has 76 valence electrons. The Morgan fingerprint density at radius 3 is 3.14 bits per heavy atom. The lowest BCUT2D eigenvalue weighted by atomic mass is 10.0. The van der Waals surface area contributed by atoms with Crippen LogP contribution in [0.2, 0.25) is 0 Å². The second kappa shape index (κ2) is 4.76. The quantitative estimate of drug-likeness (QED) is 0.741. The molecule has 0 saturated carbocycles. The molecule has 2 N–H and O–H groups in total. The maximum atomic E-state index is 5.98. The van der Waals surface area contributed by atoms with Gasteiger partial charge in [0, 0.05) is 6.04 Å². The minimum absolute atomic E-state index is 0.297. The van der Waals surface area contributed by atoms with Crippen molar-refractivity contribution in [3.8, 4) is 0 Å². The van der Waals surface area contributed by atoms with E-state index in [0.29, 0.717) is 6.04 Å². The predicted molar refractivity (Wildman–Crippen MR) is 62.5 cm³/mol. The number of hydrogen-bond acceptors (Lipinski definition) is 2. The third kappa shape index (κ3) is 2.69. The minimum atomic E-state index is 0.297. The van der Waals surface area contributed by atoms with E-state index < -0.39 is 0 Å². The fraction of sp³-hybridized carbons (Fsp3) is 0.500. The predicted octanol–water partition coefficient (Wildman–Crippen LogP) is 3.12. The second-order valence-electron chi connectivity index (χ2n) is 4.04. The summed E-state index contributed by atoms with van der Waals surface area (Å²) in [5.41, 5.74) is 8.96. The second-order valence-corrected chi connectivity index (χ2v) is 4.82. The zero-order chi connectivity index (χ0) is 9.80. The SMILES string of the molecule is NC1C=C(Cc2ccsc2)CCCC1. The van der Waals surface area contributed by atoms with Crippen LogP contribution in [0.3, 0.4) is 0 Å². The maximum absolute atomic E-state index is 5.98. The Hall–Kier alpha value is -0.600. The summed E-state index contributed by atoms with van der Waals surface area (Å²) in [7, 11) is 0.